The van der Waals surface area contributed by atoms with Crippen molar-refractivity contribution in [3.8, 4) is 0 Å². The first kappa shape index (κ1) is 10.4. The van der Waals surface area contributed by atoms with E-state index in [2.05, 4.69) is 5.32 Å². The van der Waals surface area contributed by atoms with E-state index in [0.717, 1.165) is 25.7 Å². The molecule has 1 aliphatic carbocycles. The van der Waals surface area contributed by atoms with Crippen LogP contribution in [0.5, 0.6) is 0 Å². The van der Waals surface area contributed by atoms with Gasteiger partial charge in [0.25, 0.3) is 5.91 Å². The van der Waals surface area contributed by atoms with Crippen LogP contribution in [0.15, 0.2) is 0 Å². The van der Waals surface area contributed by atoms with Crippen LogP contribution in [-0.2, 0) is 4.79 Å². The molecule has 0 aliphatic heterocycles. The molecule has 1 rings (SSSR count). The Hall–Kier alpha value is -0.670. The van der Waals surface area contributed by atoms with Crippen LogP contribution in [0, 0.1) is 5.92 Å². The zero-order valence-electron chi connectivity index (χ0n) is 7.78. The van der Waals surface area contributed by atoms with Gasteiger partial charge in [-0.15, -0.1) is 0 Å². The molecule has 0 heterocycles. The molecule has 2 nitrogen and oxygen atoms in total. The van der Waals surface area contributed by atoms with Crippen LogP contribution in [0.4, 0.5) is 8.78 Å². The molecule has 0 aromatic carbocycles. The first-order valence-corrected chi connectivity index (χ1v) is 4.66. The summed E-state index contributed by atoms with van der Waals surface area (Å²) in [6, 6.07) is 0. The molecule has 1 saturated carbocycles. The average Bonchev–Trinajstić information content (AvgIpc) is 2.50. The zero-order valence-corrected chi connectivity index (χ0v) is 7.78. The van der Waals surface area contributed by atoms with E-state index >= 15 is 0 Å². The quantitative estimate of drug-likeness (QED) is 0.725. The van der Waals surface area contributed by atoms with Crippen LogP contribution >= 0.6 is 0 Å². The van der Waals surface area contributed by atoms with Crippen molar-refractivity contribution < 1.29 is 13.6 Å². The predicted octanol–water partition coefficient (Wildman–Crippen LogP) is 1.95. The molecular weight excluding hydrogens is 176 g/mol. The van der Waals surface area contributed by atoms with Gasteiger partial charge in [0, 0.05) is 13.5 Å². The van der Waals surface area contributed by atoms with Gasteiger partial charge in [0.2, 0.25) is 0 Å². The number of halogens is 2. The Morgan fingerprint density at radius 3 is 2.46 bits per heavy atom. The number of alkyl halides is 2. The highest BCUT2D eigenvalue weighted by atomic mass is 19.3. The maximum Gasteiger partial charge on any atom is 0.321 e. The topological polar surface area (TPSA) is 29.1 Å². The number of rotatable bonds is 3. The first-order chi connectivity index (χ1) is 6.00. The maximum atomic E-state index is 12.4. The van der Waals surface area contributed by atoms with Gasteiger partial charge < -0.3 is 5.32 Å². The summed E-state index contributed by atoms with van der Waals surface area (Å²) in [5.74, 6) is -3.98. The standard InChI is InChI=1S/C9H15F2NO/c1-9(10,11)8(13)12-6-7-4-2-3-5-7/h7H,2-6H2,1H3,(H,12,13). The summed E-state index contributed by atoms with van der Waals surface area (Å²) in [5.41, 5.74) is 0. The second-order valence-electron chi connectivity index (χ2n) is 3.75. The molecule has 0 aromatic heterocycles. The van der Waals surface area contributed by atoms with Crippen LogP contribution in [0.1, 0.15) is 32.6 Å². The lowest BCUT2D eigenvalue weighted by Gasteiger charge is -2.13. The van der Waals surface area contributed by atoms with Crippen molar-refractivity contribution in [1.82, 2.24) is 5.32 Å². The summed E-state index contributed by atoms with van der Waals surface area (Å²) in [6.07, 6.45) is 4.41. The van der Waals surface area contributed by atoms with Crippen LogP contribution in [-0.4, -0.2) is 18.4 Å². The lowest BCUT2D eigenvalue weighted by Crippen LogP contribution is -2.39. The number of amides is 1. The Balaban J connectivity index is 2.22. The molecule has 0 unspecified atom stereocenters. The molecule has 1 fully saturated rings. The van der Waals surface area contributed by atoms with Gasteiger partial charge in [0.05, 0.1) is 0 Å². The molecule has 4 heteroatoms. The molecule has 0 saturated heterocycles. The SMILES string of the molecule is CC(F)(F)C(=O)NCC1CCCC1. The molecule has 0 bridgehead atoms. The van der Waals surface area contributed by atoms with Crippen LogP contribution in [0.25, 0.3) is 0 Å². The number of carbonyl (C=O) groups is 1. The number of hydrogen-bond acceptors (Lipinski definition) is 1. The minimum absolute atomic E-state index is 0.405. The third kappa shape index (κ3) is 3.28. The highest BCUT2D eigenvalue weighted by Gasteiger charge is 2.32. The largest absolute Gasteiger partial charge is 0.351 e. The smallest absolute Gasteiger partial charge is 0.321 e. The van der Waals surface area contributed by atoms with Crippen molar-refractivity contribution in [2.75, 3.05) is 6.54 Å². The van der Waals surface area contributed by atoms with Crippen molar-refractivity contribution in [2.24, 2.45) is 5.92 Å². The zero-order chi connectivity index (χ0) is 9.90. The molecular formula is C9H15F2NO. The normalized spacial score (nSPS) is 19.0. The van der Waals surface area contributed by atoms with Gasteiger partial charge in [-0.2, -0.15) is 8.78 Å². The number of hydrogen-bond donors (Lipinski definition) is 1. The van der Waals surface area contributed by atoms with Crippen LogP contribution < -0.4 is 5.32 Å². The average molecular weight is 191 g/mol. The first-order valence-electron chi connectivity index (χ1n) is 4.66. The Labute approximate surface area is 76.7 Å². The van der Waals surface area contributed by atoms with E-state index in [4.69, 9.17) is 0 Å². The van der Waals surface area contributed by atoms with E-state index in [9.17, 15) is 13.6 Å². The summed E-state index contributed by atoms with van der Waals surface area (Å²) < 4.78 is 24.8. The van der Waals surface area contributed by atoms with E-state index in [1.165, 1.54) is 0 Å². The second kappa shape index (κ2) is 4.03. The van der Waals surface area contributed by atoms with Crippen LogP contribution in [0.2, 0.25) is 0 Å². The predicted molar refractivity (Wildman–Crippen MR) is 45.6 cm³/mol. The Kier molecular flexibility index (Phi) is 3.22. The maximum absolute atomic E-state index is 12.4. The molecule has 0 atom stereocenters. The van der Waals surface area contributed by atoms with E-state index in [-0.39, 0.29) is 0 Å². The molecule has 0 radical (unpaired) electrons. The Morgan fingerprint density at radius 2 is 2.00 bits per heavy atom. The summed E-state index contributed by atoms with van der Waals surface area (Å²) in [4.78, 5) is 10.8. The molecule has 1 amide bonds. The van der Waals surface area contributed by atoms with E-state index in [0.29, 0.717) is 19.4 Å². The van der Waals surface area contributed by atoms with Gasteiger partial charge >= 0.3 is 5.92 Å². The monoisotopic (exact) mass is 191 g/mol. The Bertz CT molecular complexity index is 183. The van der Waals surface area contributed by atoms with Gasteiger partial charge in [0.1, 0.15) is 0 Å². The number of carbonyl (C=O) groups excluding carboxylic acids is 1. The fraction of sp³-hybridized carbons (Fsp3) is 0.889. The summed E-state index contributed by atoms with van der Waals surface area (Å²) in [7, 11) is 0. The van der Waals surface area contributed by atoms with E-state index in [1.807, 2.05) is 0 Å². The second-order valence-corrected chi connectivity index (χ2v) is 3.75. The molecule has 1 N–H and O–H groups in total. The van der Waals surface area contributed by atoms with Crippen molar-refractivity contribution in [1.29, 1.82) is 0 Å². The molecule has 0 aromatic rings. The minimum Gasteiger partial charge on any atom is -0.351 e. The van der Waals surface area contributed by atoms with Gasteiger partial charge in [-0.05, 0) is 18.8 Å². The summed E-state index contributed by atoms with van der Waals surface area (Å²) in [5, 5.41) is 2.28. The third-order valence-corrected chi connectivity index (χ3v) is 2.42. The molecule has 0 spiro atoms. The van der Waals surface area contributed by atoms with Crippen molar-refractivity contribution in [3.63, 3.8) is 0 Å². The lowest BCUT2D eigenvalue weighted by molar-refractivity contribution is -0.143. The van der Waals surface area contributed by atoms with Gasteiger partial charge in [0.15, 0.2) is 0 Å². The number of nitrogens with one attached hydrogen (secondary N) is 1. The molecule has 76 valence electrons. The van der Waals surface area contributed by atoms with E-state index < -0.39 is 11.8 Å². The van der Waals surface area contributed by atoms with Gasteiger partial charge in [-0.25, -0.2) is 0 Å². The van der Waals surface area contributed by atoms with E-state index in [1.54, 1.807) is 0 Å². The Morgan fingerprint density at radius 1 is 1.46 bits per heavy atom. The van der Waals surface area contributed by atoms with Crippen molar-refractivity contribution in [3.05, 3.63) is 0 Å². The summed E-state index contributed by atoms with van der Waals surface area (Å²) >= 11 is 0. The minimum atomic E-state index is -3.24. The fourth-order valence-corrected chi connectivity index (χ4v) is 1.61. The van der Waals surface area contributed by atoms with Crippen molar-refractivity contribution >= 4 is 5.91 Å². The van der Waals surface area contributed by atoms with Gasteiger partial charge in [-0.1, -0.05) is 12.8 Å². The molecule has 1 aliphatic rings. The highest BCUT2D eigenvalue weighted by Crippen LogP contribution is 2.24. The highest BCUT2D eigenvalue weighted by molar-refractivity contribution is 5.82. The lowest BCUT2D eigenvalue weighted by atomic mass is 10.1. The molecule has 13 heavy (non-hydrogen) atoms. The van der Waals surface area contributed by atoms with Crippen molar-refractivity contribution in [2.45, 2.75) is 38.5 Å². The fourth-order valence-electron chi connectivity index (χ4n) is 1.61. The van der Waals surface area contributed by atoms with Gasteiger partial charge in [-0.3, -0.25) is 4.79 Å². The third-order valence-electron chi connectivity index (χ3n) is 2.42. The van der Waals surface area contributed by atoms with Crippen LogP contribution in [0.3, 0.4) is 0 Å². The summed E-state index contributed by atoms with van der Waals surface area (Å²) in [6.45, 7) is 1.03.